The number of hydrogen-bond acceptors (Lipinski definition) is 3. The first-order valence-corrected chi connectivity index (χ1v) is 4.88. The normalized spacial score (nSPS) is 12.1. The van der Waals surface area contributed by atoms with E-state index in [0.717, 1.165) is 0 Å². The minimum Gasteiger partial charge on any atom is -0.508 e. The van der Waals surface area contributed by atoms with Crippen LogP contribution in [0.15, 0.2) is 24.3 Å². The number of rotatable bonds is 4. The number of benzene rings is 1. The Labute approximate surface area is 89.3 Å². The molecule has 3 N–H and O–H groups in total. The van der Waals surface area contributed by atoms with Gasteiger partial charge in [-0.2, -0.15) is 0 Å². The largest absolute Gasteiger partial charge is 0.508 e. The van der Waals surface area contributed by atoms with E-state index >= 15 is 0 Å². The van der Waals surface area contributed by atoms with Crippen molar-refractivity contribution in [3.05, 3.63) is 29.8 Å². The van der Waals surface area contributed by atoms with Crippen molar-refractivity contribution in [1.82, 2.24) is 10.6 Å². The van der Waals surface area contributed by atoms with Gasteiger partial charge in [-0.25, -0.2) is 0 Å². The number of likely N-dealkylation sites (N-methyl/N-ethyl adjacent to an activating group) is 1. The summed E-state index contributed by atoms with van der Waals surface area (Å²) in [6.45, 7) is 2.54. The number of phenols is 1. The molecule has 4 heteroatoms. The van der Waals surface area contributed by atoms with Crippen molar-refractivity contribution in [2.45, 2.75) is 13.0 Å². The Bertz CT molecular complexity index is 339. The lowest BCUT2D eigenvalue weighted by atomic mass is 10.2. The molecule has 0 saturated heterocycles. The predicted octanol–water partition coefficient (Wildman–Crippen LogP) is 0.730. The molecule has 82 valence electrons. The molecule has 1 aromatic rings. The summed E-state index contributed by atoms with van der Waals surface area (Å²) in [5.41, 5.74) is 0.471. The molecule has 1 unspecified atom stereocenters. The Hall–Kier alpha value is -1.55. The second-order valence-electron chi connectivity index (χ2n) is 3.45. The van der Waals surface area contributed by atoms with Crippen molar-refractivity contribution in [3.8, 4) is 5.75 Å². The standard InChI is InChI=1S/C11H16N2O2/c1-8(12-2)7-13-11(15)9-4-3-5-10(14)6-9/h3-6,8,12,14H,7H2,1-2H3,(H,13,15). The van der Waals surface area contributed by atoms with Crippen LogP contribution in [0.4, 0.5) is 0 Å². The Balaban J connectivity index is 2.54. The fourth-order valence-electron chi connectivity index (χ4n) is 1.10. The Morgan fingerprint density at radius 3 is 2.87 bits per heavy atom. The Morgan fingerprint density at radius 2 is 2.27 bits per heavy atom. The van der Waals surface area contributed by atoms with Gasteiger partial charge in [0.25, 0.3) is 5.91 Å². The third-order valence-corrected chi connectivity index (χ3v) is 2.17. The van der Waals surface area contributed by atoms with Crippen LogP contribution in [0.2, 0.25) is 0 Å². The van der Waals surface area contributed by atoms with E-state index in [2.05, 4.69) is 10.6 Å². The minimum atomic E-state index is -0.173. The van der Waals surface area contributed by atoms with E-state index in [1.165, 1.54) is 12.1 Å². The number of nitrogens with one attached hydrogen (secondary N) is 2. The van der Waals surface area contributed by atoms with Gasteiger partial charge in [-0.1, -0.05) is 6.07 Å². The lowest BCUT2D eigenvalue weighted by Gasteiger charge is -2.11. The highest BCUT2D eigenvalue weighted by Crippen LogP contribution is 2.10. The molecular weight excluding hydrogens is 192 g/mol. The molecule has 0 radical (unpaired) electrons. The summed E-state index contributed by atoms with van der Waals surface area (Å²) in [5.74, 6) is -0.0719. The van der Waals surface area contributed by atoms with Crippen molar-refractivity contribution in [3.63, 3.8) is 0 Å². The maximum atomic E-state index is 11.6. The van der Waals surface area contributed by atoms with Gasteiger partial charge in [-0.3, -0.25) is 4.79 Å². The minimum absolute atomic E-state index is 0.101. The summed E-state index contributed by atoms with van der Waals surface area (Å²) >= 11 is 0. The number of carbonyl (C=O) groups excluding carboxylic acids is 1. The van der Waals surface area contributed by atoms with Gasteiger partial charge >= 0.3 is 0 Å². The van der Waals surface area contributed by atoms with Crippen LogP contribution in [-0.2, 0) is 0 Å². The highest BCUT2D eigenvalue weighted by atomic mass is 16.3. The van der Waals surface area contributed by atoms with E-state index in [-0.39, 0.29) is 17.7 Å². The molecule has 15 heavy (non-hydrogen) atoms. The topological polar surface area (TPSA) is 61.4 Å². The van der Waals surface area contributed by atoms with Gasteiger partial charge in [0.1, 0.15) is 5.75 Å². The van der Waals surface area contributed by atoms with Crippen molar-refractivity contribution in [2.75, 3.05) is 13.6 Å². The van der Waals surface area contributed by atoms with Crippen LogP contribution in [0.1, 0.15) is 17.3 Å². The maximum absolute atomic E-state index is 11.6. The van der Waals surface area contributed by atoms with Gasteiger partial charge in [0, 0.05) is 18.2 Å². The molecule has 1 aromatic carbocycles. The average molecular weight is 208 g/mol. The number of aromatic hydroxyl groups is 1. The molecule has 0 aliphatic rings. The monoisotopic (exact) mass is 208 g/mol. The lowest BCUT2D eigenvalue weighted by molar-refractivity contribution is 0.0950. The molecule has 1 atom stereocenters. The zero-order chi connectivity index (χ0) is 11.3. The molecule has 0 aliphatic carbocycles. The quantitative estimate of drug-likeness (QED) is 0.683. The smallest absolute Gasteiger partial charge is 0.251 e. The zero-order valence-corrected chi connectivity index (χ0v) is 8.95. The lowest BCUT2D eigenvalue weighted by Crippen LogP contribution is -2.37. The summed E-state index contributed by atoms with van der Waals surface area (Å²) in [6, 6.07) is 6.52. The predicted molar refractivity (Wildman–Crippen MR) is 59.0 cm³/mol. The van der Waals surface area contributed by atoms with Crippen molar-refractivity contribution in [2.24, 2.45) is 0 Å². The molecule has 0 saturated carbocycles. The first-order chi connectivity index (χ1) is 7.13. The molecule has 0 aliphatic heterocycles. The van der Waals surface area contributed by atoms with Crippen LogP contribution < -0.4 is 10.6 Å². The van der Waals surface area contributed by atoms with E-state index in [4.69, 9.17) is 0 Å². The van der Waals surface area contributed by atoms with Crippen LogP contribution in [-0.4, -0.2) is 30.6 Å². The highest BCUT2D eigenvalue weighted by Gasteiger charge is 2.06. The van der Waals surface area contributed by atoms with Gasteiger partial charge in [0.05, 0.1) is 0 Å². The third-order valence-electron chi connectivity index (χ3n) is 2.17. The van der Waals surface area contributed by atoms with Crippen LogP contribution in [0.5, 0.6) is 5.75 Å². The molecule has 0 heterocycles. The van der Waals surface area contributed by atoms with Crippen molar-refractivity contribution in [1.29, 1.82) is 0 Å². The average Bonchev–Trinajstić information content (AvgIpc) is 2.25. The fourth-order valence-corrected chi connectivity index (χ4v) is 1.10. The zero-order valence-electron chi connectivity index (χ0n) is 8.95. The van der Waals surface area contributed by atoms with E-state index in [0.29, 0.717) is 12.1 Å². The Kier molecular flexibility index (Phi) is 4.12. The van der Waals surface area contributed by atoms with E-state index in [1.54, 1.807) is 12.1 Å². The molecule has 0 aromatic heterocycles. The van der Waals surface area contributed by atoms with E-state index < -0.39 is 0 Å². The van der Waals surface area contributed by atoms with Crippen LogP contribution in [0, 0.1) is 0 Å². The second kappa shape index (κ2) is 5.36. The summed E-state index contributed by atoms with van der Waals surface area (Å²) in [6.07, 6.45) is 0. The highest BCUT2D eigenvalue weighted by molar-refractivity contribution is 5.94. The first-order valence-electron chi connectivity index (χ1n) is 4.88. The summed E-state index contributed by atoms with van der Waals surface area (Å²) in [5, 5.41) is 15.0. The van der Waals surface area contributed by atoms with Gasteiger partial charge < -0.3 is 15.7 Å². The molecule has 0 spiro atoms. The SMILES string of the molecule is CNC(C)CNC(=O)c1cccc(O)c1. The molecule has 1 amide bonds. The van der Waals surface area contributed by atoms with Crippen molar-refractivity contribution >= 4 is 5.91 Å². The van der Waals surface area contributed by atoms with Crippen molar-refractivity contribution < 1.29 is 9.90 Å². The van der Waals surface area contributed by atoms with Crippen LogP contribution in [0.3, 0.4) is 0 Å². The maximum Gasteiger partial charge on any atom is 0.251 e. The van der Waals surface area contributed by atoms with Gasteiger partial charge in [-0.05, 0) is 32.2 Å². The fraction of sp³-hybridized carbons (Fsp3) is 0.364. The summed E-state index contributed by atoms with van der Waals surface area (Å²) < 4.78 is 0. The van der Waals surface area contributed by atoms with E-state index in [9.17, 15) is 9.90 Å². The number of phenolic OH excluding ortho intramolecular Hbond substituents is 1. The second-order valence-corrected chi connectivity index (χ2v) is 3.45. The first kappa shape index (κ1) is 11.5. The van der Waals surface area contributed by atoms with E-state index in [1.807, 2.05) is 14.0 Å². The summed E-state index contributed by atoms with van der Waals surface area (Å²) in [7, 11) is 1.84. The molecule has 1 rings (SSSR count). The van der Waals surface area contributed by atoms with Crippen LogP contribution in [0.25, 0.3) is 0 Å². The van der Waals surface area contributed by atoms with Gasteiger partial charge in [0.2, 0.25) is 0 Å². The third kappa shape index (κ3) is 3.59. The molecule has 0 fully saturated rings. The van der Waals surface area contributed by atoms with Crippen LogP contribution >= 0.6 is 0 Å². The molecular formula is C11H16N2O2. The number of amides is 1. The summed E-state index contributed by atoms with van der Waals surface area (Å²) in [4.78, 5) is 11.6. The molecule has 4 nitrogen and oxygen atoms in total. The number of carbonyl (C=O) groups is 1. The Morgan fingerprint density at radius 1 is 1.53 bits per heavy atom. The van der Waals surface area contributed by atoms with Gasteiger partial charge in [0.15, 0.2) is 0 Å². The number of hydrogen-bond donors (Lipinski definition) is 3. The van der Waals surface area contributed by atoms with Gasteiger partial charge in [-0.15, -0.1) is 0 Å². The molecule has 0 bridgehead atoms.